The Morgan fingerprint density at radius 1 is 1.19 bits per heavy atom. The van der Waals surface area contributed by atoms with Gasteiger partial charge in [0.2, 0.25) is 0 Å². The number of methoxy groups -OCH3 is 1. The van der Waals surface area contributed by atoms with Crippen molar-refractivity contribution < 1.29 is 9.84 Å². The number of likely N-dealkylation sites (tertiary alicyclic amines) is 1. The van der Waals surface area contributed by atoms with E-state index in [0.29, 0.717) is 0 Å². The van der Waals surface area contributed by atoms with Crippen molar-refractivity contribution in [3.8, 4) is 5.75 Å². The molecule has 27 heavy (non-hydrogen) atoms. The summed E-state index contributed by atoms with van der Waals surface area (Å²) in [6, 6.07) is 10.4. The SMILES string of the molecule is COc1ccc(C)cc1CN1C[C@@H]2CCC[C@@H](C1)C2(O)c1ncccc1C. The largest absolute Gasteiger partial charge is 0.496 e. The smallest absolute Gasteiger partial charge is 0.123 e. The van der Waals surface area contributed by atoms with Crippen LogP contribution in [0.4, 0.5) is 0 Å². The summed E-state index contributed by atoms with van der Waals surface area (Å²) in [5.74, 6) is 1.41. The van der Waals surface area contributed by atoms with E-state index in [4.69, 9.17) is 4.74 Å². The van der Waals surface area contributed by atoms with E-state index in [2.05, 4.69) is 48.0 Å². The maximum atomic E-state index is 11.8. The lowest BCUT2D eigenvalue weighted by Gasteiger charge is -2.53. The second-order valence-electron chi connectivity index (χ2n) is 8.33. The van der Waals surface area contributed by atoms with Gasteiger partial charge >= 0.3 is 0 Å². The quantitative estimate of drug-likeness (QED) is 0.893. The van der Waals surface area contributed by atoms with Crippen LogP contribution in [0.25, 0.3) is 0 Å². The van der Waals surface area contributed by atoms with E-state index in [9.17, 15) is 5.11 Å². The molecule has 1 saturated heterocycles. The van der Waals surface area contributed by atoms with Gasteiger partial charge in [0.25, 0.3) is 0 Å². The van der Waals surface area contributed by atoms with E-state index in [1.807, 2.05) is 12.3 Å². The molecule has 0 spiro atoms. The molecule has 4 nitrogen and oxygen atoms in total. The number of benzene rings is 1. The van der Waals surface area contributed by atoms with Crippen molar-refractivity contribution in [3.05, 3.63) is 58.9 Å². The summed E-state index contributed by atoms with van der Waals surface area (Å²) in [5.41, 5.74) is 3.69. The van der Waals surface area contributed by atoms with Crippen LogP contribution in [0.1, 0.15) is 41.6 Å². The van der Waals surface area contributed by atoms with Crippen molar-refractivity contribution in [2.75, 3.05) is 20.2 Å². The molecule has 1 aromatic heterocycles. The molecule has 4 rings (SSSR count). The Morgan fingerprint density at radius 2 is 1.93 bits per heavy atom. The minimum Gasteiger partial charge on any atom is -0.496 e. The number of pyridine rings is 1. The van der Waals surface area contributed by atoms with Crippen LogP contribution in [0.2, 0.25) is 0 Å². The number of piperidine rings is 1. The van der Waals surface area contributed by atoms with E-state index in [0.717, 1.165) is 49.5 Å². The normalized spacial score (nSPS) is 28.1. The fourth-order valence-electron chi connectivity index (χ4n) is 5.24. The Kier molecular flexibility index (Phi) is 4.95. The van der Waals surface area contributed by atoms with Crippen LogP contribution in [0.15, 0.2) is 36.5 Å². The molecule has 144 valence electrons. The van der Waals surface area contributed by atoms with E-state index in [1.165, 1.54) is 17.5 Å². The fourth-order valence-corrected chi connectivity index (χ4v) is 5.24. The average Bonchev–Trinajstić information content (AvgIpc) is 2.63. The van der Waals surface area contributed by atoms with Gasteiger partial charge in [-0.25, -0.2) is 0 Å². The minimum absolute atomic E-state index is 0.231. The molecule has 2 fully saturated rings. The lowest BCUT2D eigenvalue weighted by Crippen LogP contribution is -2.58. The Bertz CT molecular complexity index is 806. The molecular weight excluding hydrogens is 336 g/mol. The Labute approximate surface area is 162 Å². The van der Waals surface area contributed by atoms with Crippen molar-refractivity contribution in [1.29, 1.82) is 0 Å². The number of fused-ring (bicyclic) bond motifs is 2. The van der Waals surface area contributed by atoms with E-state index >= 15 is 0 Å². The standard InChI is InChI=1S/C23H30N2O2/c1-16-9-10-21(27-3)18(12-16)13-25-14-19-7-4-8-20(15-25)23(19,26)22-17(2)6-5-11-24-22/h5-6,9-12,19-20,26H,4,7-8,13-15H2,1-3H3/t19-,20-/m0/s1. The highest BCUT2D eigenvalue weighted by atomic mass is 16.5. The van der Waals surface area contributed by atoms with Crippen molar-refractivity contribution >= 4 is 0 Å². The van der Waals surface area contributed by atoms with Gasteiger partial charge in [0.15, 0.2) is 0 Å². The summed E-state index contributed by atoms with van der Waals surface area (Å²) < 4.78 is 5.58. The van der Waals surface area contributed by atoms with Gasteiger partial charge in [-0.05, 0) is 44.4 Å². The molecule has 0 amide bonds. The summed E-state index contributed by atoms with van der Waals surface area (Å²) in [4.78, 5) is 7.11. The second kappa shape index (κ2) is 7.25. The molecule has 1 N–H and O–H groups in total. The van der Waals surface area contributed by atoms with Crippen LogP contribution < -0.4 is 4.74 Å². The molecule has 0 unspecified atom stereocenters. The zero-order valence-corrected chi connectivity index (χ0v) is 16.6. The van der Waals surface area contributed by atoms with Crippen LogP contribution in [-0.2, 0) is 12.1 Å². The lowest BCUT2D eigenvalue weighted by molar-refractivity contribution is -0.151. The predicted molar refractivity (Wildman–Crippen MR) is 107 cm³/mol. The Hall–Kier alpha value is -1.91. The van der Waals surface area contributed by atoms with E-state index < -0.39 is 5.60 Å². The molecule has 1 saturated carbocycles. The number of ether oxygens (including phenoxy) is 1. The predicted octanol–water partition coefficient (Wildman–Crippen LogP) is 3.83. The highest BCUT2D eigenvalue weighted by Gasteiger charge is 2.52. The van der Waals surface area contributed by atoms with Gasteiger partial charge in [-0.15, -0.1) is 0 Å². The third-order valence-electron chi connectivity index (χ3n) is 6.53. The minimum atomic E-state index is -0.795. The summed E-state index contributed by atoms with van der Waals surface area (Å²) in [6.07, 6.45) is 5.14. The van der Waals surface area contributed by atoms with Gasteiger partial charge in [-0.1, -0.05) is 30.2 Å². The van der Waals surface area contributed by atoms with Crippen LogP contribution in [0, 0.1) is 25.7 Å². The number of aliphatic hydroxyl groups is 1. The molecule has 1 aliphatic heterocycles. The fraction of sp³-hybridized carbons (Fsp3) is 0.522. The molecule has 1 aromatic carbocycles. The summed E-state index contributed by atoms with van der Waals surface area (Å²) in [5, 5.41) is 11.8. The number of rotatable bonds is 4. The second-order valence-corrected chi connectivity index (χ2v) is 8.33. The lowest BCUT2D eigenvalue weighted by atomic mass is 9.63. The summed E-state index contributed by atoms with van der Waals surface area (Å²) in [7, 11) is 1.74. The molecule has 0 radical (unpaired) electrons. The van der Waals surface area contributed by atoms with Crippen LogP contribution in [-0.4, -0.2) is 35.2 Å². The van der Waals surface area contributed by atoms with Gasteiger partial charge < -0.3 is 9.84 Å². The summed E-state index contributed by atoms with van der Waals surface area (Å²) >= 11 is 0. The highest BCUT2D eigenvalue weighted by Crippen LogP contribution is 2.49. The van der Waals surface area contributed by atoms with Crippen molar-refractivity contribution in [2.24, 2.45) is 11.8 Å². The Balaban J connectivity index is 1.61. The summed E-state index contributed by atoms with van der Waals surface area (Å²) in [6.45, 7) is 6.87. The van der Waals surface area contributed by atoms with Crippen molar-refractivity contribution in [3.63, 3.8) is 0 Å². The molecule has 2 bridgehead atoms. The molecule has 2 atom stereocenters. The number of hydrogen-bond acceptors (Lipinski definition) is 4. The van der Waals surface area contributed by atoms with Crippen molar-refractivity contribution in [1.82, 2.24) is 9.88 Å². The van der Waals surface area contributed by atoms with Gasteiger partial charge in [0.1, 0.15) is 11.4 Å². The first-order chi connectivity index (χ1) is 13.0. The van der Waals surface area contributed by atoms with Crippen molar-refractivity contribution in [2.45, 2.75) is 45.3 Å². The maximum absolute atomic E-state index is 11.8. The maximum Gasteiger partial charge on any atom is 0.123 e. The molecule has 2 heterocycles. The zero-order valence-electron chi connectivity index (χ0n) is 16.6. The molecule has 2 aromatic rings. The monoisotopic (exact) mass is 366 g/mol. The van der Waals surface area contributed by atoms with E-state index in [-0.39, 0.29) is 11.8 Å². The number of nitrogens with zero attached hydrogens (tertiary/aromatic N) is 2. The van der Waals surface area contributed by atoms with Gasteiger partial charge in [-0.3, -0.25) is 9.88 Å². The van der Waals surface area contributed by atoms with Gasteiger partial charge in [0.05, 0.1) is 12.8 Å². The topological polar surface area (TPSA) is 45.6 Å². The number of aromatic nitrogens is 1. The number of aryl methyl sites for hydroxylation is 2. The van der Waals surface area contributed by atoms with Crippen LogP contribution >= 0.6 is 0 Å². The highest BCUT2D eigenvalue weighted by molar-refractivity contribution is 5.37. The molecular formula is C23H30N2O2. The van der Waals surface area contributed by atoms with Gasteiger partial charge in [0, 0.05) is 43.2 Å². The van der Waals surface area contributed by atoms with Gasteiger partial charge in [-0.2, -0.15) is 0 Å². The first-order valence-electron chi connectivity index (χ1n) is 10.0. The first kappa shape index (κ1) is 18.5. The van der Waals surface area contributed by atoms with E-state index in [1.54, 1.807) is 7.11 Å². The molecule has 1 aliphatic carbocycles. The van der Waals surface area contributed by atoms with Crippen LogP contribution in [0.5, 0.6) is 5.75 Å². The molecule has 4 heteroatoms. The van der Waals surface area contributed by atoms with Crippen LogP contribution in [0.3, 0.4) is 0 Å². The Morgan fingerprint density at radius 3 is 2.59 bits per heavy atom. The third kappa shape index (κ3) is 3.26. The number of hydrogen-bond donors (Lipinski definition) is 1. The average molecular weight is 367 g/mol. The molecule has 2 aliphatic rings. The first-order valence-corrected chi connectivity index (χ1v) is 10.0. The zero-order chi connectivity index (χ0) is 19.0. The third-order valence-corrected chi connectivity index (χ3v) is 6.53.